The highest BCUT2D eigenvalue weighted by molar-refractivity contribution is 7.22. The Morgan fingerprint density at radius 1 is 1.11 bits per heavy atom. The third kappa shape index (κ3) is 4.15. The molecule has 0 radical (unpaired) electrons. The van der Waals surface area contributed by atoms with Crippen molar-refractivity contribution >= 4 is 32.7 Å². The van der Waals surface area contributed by atoms with E-state index in [1.165, 1.54) is 16.9 Å². The smallest absolute Gasteiger partial charge is 0.321 e. The van der Waals surface area contributed by atoms with Crippen LogP contribution in [0.4, 0.5) is 9.93 Å². The maximum absolute atomic E-state index is 12.0. The monoisotopic (exact) mass is 378 g/mol. The Kier molecular flexibility index (Phi) is 4.84. The van der Waals surface area contributed by atoms with Crippen molar-refractivity contribution in [2.45, 2.75) is 13.3 Å². The first-order chi connectivity index (χ1) is 13.2. The van der Waals surface area contributed by atoms with Crippen molar-refractivity contribution in [3.8, 4) is 11.5 Å². The number of carbonyl (C=O) groups is 1. The van der Waals surface area contributed by atoms with Crippen LogP contribution in [0.3, 0.4) is 0 Å². The van der Waals surface area contributed by atoms with Crippen LogP contribution in [0, 0.1) is 6.92 Å². The van der Waals surface area contributed by atoms with E-state index in [1.807, 2.05) is 55.5 Å². The van der Waals surface area contributed by atoms with Crippen molar-refractivity contribution in [3.05, 3.63) is 66.1 Å². The first kappa shape index (κ1) is 17.2. The summed E-state index contributed by atoms with van der Waals surface area (Å²) in [5, 5.41) is 6.16. The number of anilines is 1. The van der Waals surface area contributed by atoms with Gasteiger partial charge in [-0.15, -0.1) is 0 Å². The minimum Gasteiger partial charge on any atom is -0.444 e. The van der Waals surface area contributed by atoms with Gasteiger partial charge in [0, 0.05) is 18.5 Å². The molecule has 7 heteroatoms. The van der Waals surface area contributed by atoms with Gasteiger partial charge in [-0.25, -0.2) is 14.8 Å². The summed E-state index contributed by atoms with van der Waals surface area (Å²) in [6.07, 6.45) is 2.21. The van der Waals surface area contributed by atoms with Gasteiger partial charge in [-0.05, 0) is 31.2 Å². The van der Waals surface area contributed by atoms with Crippen LogP contribution in [0.5, 0.6) is 0 Å². The van der Waals surface area contributed by atoms with E-state index in [2.05, 4.69) is 20.6 Å². The highest BCUT2D eigenvalue weighted by Crippen LogP contribution is 2.25. The van der Waals surface area contributed by atoms with E-state index in [0.29, 0.717) is 24.0 Å². The van der Waals surface area contributed by atoms with Crippen molar-refractivity contribution in [1.29, 1.82) is 0 Å². The Hall–Kier alpha value is -3.19. The lowest BCUT2D eigenvalue weighted by atomic mass is 10.1. The molecule has 2 heterocycles. The molecule has 2 N–H and O–H groups in total. The predicted molar refractivity (Wildman–Crippen MR) is 107 cm³/mol. The van der Waals surface area contributed by atoms with Crippen LogP contribution in [0.1, 0.15) is 11.3 Å². The first-order valence-corrected chi connectivity index (χ1v) is 9.41. The maximum atomic E-state index is 12.0. The number of fused-ring (bicyclic) bond motifs is 1. The number of nitrogens with one attached hydrogen (secondary N) is 2. The summed E-state index contributed by atoms with van der Waals surface area (Å²) in [5.74, 6) is 0.587. The second kappa shape index (κ2) is 7.59. The van der Waals surface area contributed by atoms with E-state index in [-0.39, 0.29) is 6.03 Å². The molecule has 0 bridgehead atoms. The molecule has 0 atom stereocenters. The Morgan fingerprint density at radius 3 is 2.74 bits per heavy atom. The normalized spacial score (nSPS) is 10.9. The first-order valence-electron chi connectivity index (χ1n) is 8.59. The molecule has 6 nitrogen and oxygen atoms in total. The number of hydrogen-bond donors (Lipinski definition) is 2. The minimum absolute atomic E-state index is 0.281. The molecule has 0 saturated carbocycles. The van der Waals surface area contributed by atoms with Crippen molar-refractivity contribution in [2.75, 3.05) is 11.9 Å². The lowest BCUT2D eigenvalue weighted by Crippen LogP contribution is -2.30. The van der Waals surface area contributed by atoms with Gasteiger partial charge in [0.25, 0.3) is 0 Å². The van der Waals surface area contributed by atoms with E-state index >= 15 is 0 Å². The SMILES string of the molecule is Cc1ccc(-c2nc(CCNC(=O)Nc3nc4ccccc4s3)co2)cc1. The van der Waals surface area contributed by atoms with Gasteiger partial charge in [-0.1, -0.05) is 41.2 Å². The zero-order chi connectivity index (χ0) is 18.6. The largest absolute Gasteiger partial charge is 0.444 e. The molecule has 4 aromatic rings. The van der Waals surface area contributed by atoms with Crippen molar-refractivity contribution in [1.82, 2.24) is 15.3 Å². The molecule has 0 aliphatic carbocycles. The van der Waals surface area contributed by atoms with E-state index < -0.39 is 0 Å². The van der Waals surface area contributed by atoms with E-state index in [4.69, 9.17) is 4.42 Å². The summed E-state index contributed by atoms with van der Waals surface area (Å²) in [7, 11) is 0. The van der Waals surface area contributed by atoms with Crippen LogP contribution in [0.15, 0.2) is 59.2 Å². The highest BCUT2D eigenvalue weighted by Gasteiger charge is 2.09. The Morgan fingerprint density at radius 2 is 1.93 bits per heavy atom. The summed E-state index contributed by atoms with van der Waals surface area (Å²) < 4.78 is 6.57. The Labute approximate surface area is 160 Å². The second-order valence-corrected chi connectivity index (χ2v) is 7.16. The van der Waals surface area contributed by atoms with Gasteiger partial charge in [-0.2, -0.15) is 0 Å². The molecule has 0 unspecified atom stereocenters. The molecule has 27 heavy (non-hydrogen) atoms. The van der Waals surface area contributed by atoms with Gasteiger partial charge in [0.15, 0.2) is 5.13 Å². The van der Waals surface area contributed by atoms with E-state index in [0.717, 1.165) is 21.5 Å². The number of nitrogens with zero attached hydrogens (tertiary/aromatic N) is 2. The van der Waals surface area contributed by atoms with Crippen molar-refractivity contribution in [3.63, 3.8) is 0 Å². The molecule has 4 rings (SSSR count). The van der Waals surface area contributed by atoms with Crippen LogP contribution in [-0.4, -0.2) is 22.5 Å². The second-order valence-electron chi connectivity index (χ2n) is 6.13. The number of hydrogen-bond acceptors (Lipinski definition) is 5. The van der Waals surface area contributed by atoms with Crippen LogP contribution in [0.2, 0.25) is 0 Å². The number of aryl methyl sites for hydroxylation is 1. The lowest BCUT2D eigenvalue weighted by molar-refractivity contribution is 0.252. The zero-order valence-electron chi connectivity index (χ0n) is 14.7. The average molecular weight is 378 g/mol. The fourth-order valence-electron chi connectivity index (χ4n) is 2.62. The lowest BCUT2D eigenvalue weighted by Gasteiger charge is -2.03. The number of amides is 2. The number of benzene rings is 2. The number of aromatic nitrogens is 2. The fourth-order valence-corrected chi connectivity index (χ4v) is 3.48. The van der Waals surface area contributed by atoms with Gasteiger partial charge in [0.05, 0.1) is 15.9 Å². The summed E-state index contributed by atoms with van der Waals surface area (Å²) in [4.78, 5) is 20.9. The summed E-state index contributed by atoms with van der Waals surface area (Å²) in [5.41, 5.74) is 3.80. The van der Waals surface area contributed by atoms with Gasteiger partial charge in [0.1, 0.15) is 6.26 Å². The van der Waals surface area contributed by atoms with E-state index in [1.54, 1.807) is 6.26 Å². The minimum atomic E-state index is -0.281. The number of para-hydroxylation sites is 1. The summed E-state index contributed by atoms with van der Waals surface area (Å²) >= 11 is 1.45. The summed E-state index contributed by atoms with van der Waals surface area (Å²) in [6.45, 7) is 2.49. The Balaban J connectivity index is 1.29. The molecule has 2 amide bonds. The van der Waals surface area contributed by atoms with E-state index in [9.17, 15) is 4.79 Å². The molecule has 0 spiro atoms. The molecule has 0 saturated heterocycles. The predicted octanol–water partition coefficient (Wildman–Crippen LogP) is 4.62. The van der Waals surface area contributed by atoms with Crippen LogP contribution >= 0.6 is 11.3 Å². The Bertz CT molecular complexity index is 1040. The molecule has 0 fully saturated rings. The molecule has 2 aromatic heterocycles. The van der Waals surface area contributed by atoms with Gasteiger partial charge in [-0.3, -0.25) is 5.32 Å². The summed E-state index contributed by atoms with van der Waals surface area (Å²) in [6, 6.07) is 15.5. The number of urea groups is 1. The molecule has 2 aromatic carbocycles. The van der Waals surface area contributed by atoms with Crippen LogP contribution in [-0.2, 0) is 6.42 Å². The number of carbonyl (C=O) groups excluding carboxylic acids is 1. The van der Waals surface area contributed by atoms with Gasteiger partial charge < -0.3 is 9.73 Å². The number of rotatable bonds is 5. The van der Waals surface area contributed by atoms with Crippen molar-refractivity contribution < 1.29 is 9.21 Å². The van der Waals surface area contributed by atoms with Crippen LogP contribution < -0.4 is 10.6 Å². The molecule has 136 valence electrons. The van der Waals surface area contributed by atoms with Gasteiger partial charge >= 0.3 is 6.03 Å². The standard InChI is InChI=1S/C20H18N4O2S/c1-13-6-8-14(9-7-13)18-22-15(12-26-18)10-11-21-19(25)24-20-23-16-4-2-3-5-17(16)27-20/h2-9,12H,10-11H2,1H3,(H2,21,23,24,25). The number of thiazole rings is 1. The average Bonchev–Trinajstić information content (AvgIpc) is 3.28. The van der Waals surface area contributed by atoms with Crippen LogP contribution in [0.25, 0.3) is 21.7 Å². The maximum Gasteiger partial charge on any atom is 0.321 e. The molecule has 0 aliphatic heterocycles. The third-order valence-electron chi connectivity index (χ3n) is 4.03. The van der Waals surface area contributed by atoms with Crippen molar-refractivity contribution in [2.24, 2.45) is 0 Å². The third-order valence-corrected chi connectivity index (χ3v) is 4.98. The zero-order valence-corrected chi connectivity index (χ0v) is 15.5. The highest BCUT2D eigenvalue weighted by atomic mass is 32.1. The number of oxazole rings is 1. The van der Waals surface area contributed by atoms with Gasteiger partial charge in [0.2, 0.25) is 5.89 Å². The molecular formula is C20H18N4O2S. The topological polar surface area (TPSA) is 80.0 Å². The fraction of sp³-hybridized carbons (Fsp3) is 0.150. The molecular weight excluding hydrogens is 360 g/mol. The quantitative estimate of drug-likeness (QED) is 0.531. The molecule has 0 aliphatic rings.